The summed E-state index contributed by atoms with van der Waals surface area (Å²) < 4.78 is 32.2. The summed E-state index contributed by atoms with van der Waals surface area (Å²) in [4.78, 5) is 12.4. The van der Waals surface area contributed by atoms with Gasteiger partial charge in [-0.05, 0) is 44.2 Å². The first-order valence-electron chi connectivity index (χ1n) is 9.22. The zero-order valence-electron chi connectivity index (χ0n) is 17.0. The van der Waals surface area contributed by atoms with Crippen LogP contribution in [-0.2, 0) is 20.6 Å². The van der Waals surface area contributed by atoms with E-state index in [-0.39, 0.29) is 16.6 Å². The van der Waals surface area contributed by atoms with Crippen molar-refractivity contribution in [2.75, 3.05) is 22.4 Å². The van der Waals surface area contributed by atoms with Gasteiger partial charge in [-0.2, -0.15) is 0 Å². The van der Waals surface area contributed by atoms with E-state index in [1.807, 2.05) is 19.9 Å². The van der Waals surface area contributed by atoms with Crippen molar-refractivity contribution in [3.8, 4) is 0 Å². The summed E-state index contributed by atoms with van der Waals surface area (Å²) >= 11 is 1.44. The van der Waals surface area contributed by atoms with Crippen molar-refractivity contribution in [1.29, 1.82) is 0 Å². The van der Waals surface area contributed by atoms with E-state index in [1.165, 1.54) is 35.2 Å². The molecule has 158 valence electrons. The molecule has 1 amide bonds. The van der Waals surface area contributed by atoms with Gasteiger partial charge in [-0.1, -0.05) is 29.4 Å². The van der Waals surface area contributed by atoms with E-state index in [9.17, 15) is 13.2 Å². The lowest BCUT2D eigenvalue weighted by molar-refractivity contribution is -0.113. The number of rotatable bonds is 8. The molecule has 9 heteroatoms. The molecule has 0 aliphatic heterocycles. The SMILES string of the molecule is Cc1noc(C)c1CSCC(=O)Nc1cccc(S(=O)(=O)N(C)c2ccccc2)c1. The van der Waals surface area contributed by atoms with Crippen LogP contribution in [0.4, 0.5) is 11.4 Å². The molecule has 0 atom stereocenters. The fourth-order valence-electron chi connectivity index (χ4n) is 2.82. The monoisotopic (exact) mass is 445 g/mol. The first-order chi connectivity index (χ1) is 14.3. The van der Waals surface area contributed by atoms with Gasteiger partial charge in [0.1, 0.15) is 5.76 Å². The van der Waals surface area contributed by atoms with Crippen molar-refractivity contribution in [3.05, 3.63) is 71.6 Å². The Kier molecular flexibility index (Phi) is 6.84. The van der Waals surface area contributed by atoms with Crippen molar-refractivity contribution in [3.63, 3.8) is 0 Å². The number of sulfonamides is 1. The molecule has 0 bridgehead atoms. The largest absolute Gasteiger partial charge is 0.361 e. The number of carbonyl (C=O) groups is 1. The molecule has 1 aromatic heterocycles. The molecule has 0 spiro atoms. The zero-order chi connectivity index (χ0) is 21.7. The maximum atomic E-state index is 12.9. The molecule has 1 heterocycles. The third kappa shape index (κ3) is 5.03. The van der Waals surface area contributed by atoms with Crippen molar-refractivity contribution >= 4 is 39.1 Å². The molecule has 7 nitrogen and oxygen atoms in total. The van der Waals surface area contributed by atoms with E-state index in [2.05, 4.69) is 10.5 Å². The number of aromatic nitrogens is 1. The number of nitrogens with zero attached hydrogens (tertiary/aromatic N) is 2. The Morgan fingerprint density at radius 1 is 1.13 bits per heavy atom. The molecule has 0 aliphatic rings. The highest BCUT2D eigenvalue weighted by Crippen LogP contribution is 2.24. The van der Waals surface area contributed by atoms with Crippen LogP contribution in [0.3, 0.4) is 0 Å². The molecule has 3 aromatic rings. The molecule has 2 aromatic carbocycles. The quantitative estimate of drug-likeness (QED) is 0.564. The van der Waals surface area contributed by atoms with Crippen LogP contribution in [0.25, 0.3) is 0 Å². The maximum Gasteiger partial charge on any atom is 0.264 e. The van der Waals surface area contributed by atoms with Crippen LogP contribution in [0.5, 0.6) is 0 Å². The lowest BCUT2D eigenvalue weighted by Crippen LogP contribution is -2.26. The van der Waals surface area contributed by atoms with E-state index in [4.69, 9.17) is 4.52 Å². The number of benzene rings is 2. The maximum absolute atomic E-state index is 12.9. The van der Waals surface area contributed by atoms with Crippen molar-refractivity contribution in [2.45, 2.75) is 24.5 Å². The van der Waals surface area contributed by atoms with Gasteiger partial charge in [-0.15, -0.1) is 11.8 Å². The van der Waals surface area contributed by atoms with E-state index in [1.54, 1.807) is 36.4 Å². The van der Waals surface area contributed by atoms with Crippen molar-refractivity contribution < 1.29 is 17.7 Å². The second-order valence-corrected chi connectivity index (χ2v) is 9.63. The van der Waals surface area contributed by atoms with E-state index in [0.717, 1.165) is 17.0 Å². The van der Waals surface area contributed by atoms with Crippen LogP contribution in [0.15, 0.2) is 64.0 Å². The van der Waals surface area contributed by atoms with Gasteiger partial charge in [0.2, 0.25) is 5.91 Å². The summed E-state index contributed by atoms with van der Waals surface area (Å²) in [7, 11) is -2.25. The van der Waals surface area contributed by atoms with Crippen LogP contribution in [0.1, 0.15) is 17.0 Å². The van der Waals surface area contributed by atoms with E-state index >= 15 is 0 Å². The Morgan fingerprint density at radius 2 is 1.87 bits per heavy atom. The van der Waals surface area contributed by atoms with Gasteiger partial charge in [-0.3, -0.25) is 9.10 Å². The minimum atomic E-state index is -3.75. The number of amides is 1. The average Bonchev–Trinajstić information content (AvgIpc) is 3.06. The first-order valence-corrected chi connectivity index (χ1v) is 11.8. The van der Waals surface area contributed by atoms with Crippen LogP contribution >= 0.6 is 11.8 Å². The lowest BCUT2D eigenvalue weighted by atomic mass is 10.2. The topological polar surface area (TPSA) is 92.5 Å². The predicted octanol–water partition coefficient (Wildman–Crippen LogP) is 3.99. The van der Waals surface area contributed by atoms with E-state index < -0.39 is 10.0 Å². The number of para-hydroxylation sites is 1. The summed E-state index contributed by atoms with van der Waals surface area (Å²) in [6.07, 6.45) is 0. The smallest absolute Gasteiger partial charge is 0.264 e. The fourth-order valence-corrected chi connectivity index (χ4v) is 5.04. The summed E-state index contributed by atoms with van der Waals surface area (Å²) in [5.41, 5.74) is 2.80. The number of anilines is 2. The third-order valence-corrected chi connectivity index (χ3v) is 7.30. The Balaban J connectivity index is 1.64. The highest BCUT2D eigenvalue weighted by Gasteiger charge is 2.21. The van der Waals surface area contributed by atoms with Crippen molar-refractivity contribution in [1.82, 2.24) is 5.16 Å². The van der Waals surface area contributed by atoms with Crippen LogP contribution < -0.4 is 9.62 Å². The molecule has 0 saturated heterocycles. The van der Waals surface area contributed by atoms with Gasteiger partial charge in [0.05, 0.1) is 22.0 Å². The van der Waals surface area contributed by atoms with Crippen molar-refractivity contribution in [2.24, 2.45) is 0 Å². The minimum absolute atomic E-state index is 0.107. The van der Waals surface area contributed by atoms with Crippen LogP contribution in [0.2, 0.25) is 0 Å². The van der Waals surface area contributed by atoms with Gasteiger partial charge in [0.25, 0.3) is 10.0 Å². The lowest BCUT2D eigenvalue weighted by Gasteiger charge is -2.19. The van der Waals surface area contributed by atoms with E-state index in [0.29, 0.717) is 17.1 Å². The molecule has 1 N–H and O–H groups in total. The standard InChI is InChI=1S/C21H23N3O4S2/c1-15-20(16(2)28-23-15)13-29-14-21(25)22-17-8-7-11-19(12-17)30(26,27)24(3)18-9-5-4-6-10-18/h4-12H,13-14H2,1-3H3,(H,22,25). The number of thioether (sulfide) groups is 1. The van der Waals surface area contributed by atoms with Crippen LogP contribution in [-0.4, -0.2) is 32.3 Å². The summed E-state index contributed by atoms with van der Waals surface area (Å²) in [6.45, 7) is 3.71. The number of hydrogen-bond acceptors (Lipinski definition) is 6. The molecule has 30 heavy (non-hydrogen) atoms. The second-order valence-electron chi connectivity index (χ2n) is 6.68. The van der Waals surface area contributed by atoms with Gasteiger partial charge in [-0.25, -0.2) is 8.42 Å². The average molecular weight is 446 g/mol. The summed E-state index contributed by atoms with van der Waals surface area (Å²) in [5.74, 6) is 1.38. The van der Waals surface area contributed by atoms with Gasteiger partial charge < -0.3 is 9.84 Å². The normalized spacial score (nSPS) is 11.3. The molecule has 0 unspecified atom stereocenters. The molecular weight excluding hydrogens is 422 g/mol. The number of nitrogens with one attached hydrogen (secondary N) is 1. The summed E-state index contributed by atoms with van der Waals surface area (Å²) in [6, 6.07) is 15.1. The molecule has 0 aliphatic carbocycles. The van der Waals surface area contributed by atoms with Crippen LogP contribution in [0, 0.1) is 13.8 Å². The Morgan fingerprint density at radius 3 is 2.53 bits per heavy atom. The Bertz CT molecular complexity index is 1110. The molecule has 0 fully saturated rings. The number of aryl methyl sites for hydroxylation is 2. The van der Waals surface area contributed by atoms with Gasteiger partial charge in [0.15, 0.2) is 0 Å². The molecule has 0 saturated carbocycles. The third-order valence-electron chi connectivity index (χ3n) is 4.56. The van der Waals surface area contributed by atoms with Gasteiger partial charge in [0, 0.05) is 24.1 Å². The summed E-state index contributed by atoms with van der Waals surface area (Å²) in [5, 5.41) is 6.66. The minimum Gasteiger partial charge on any atom is -0.361 e. The Labute approximate surface area is 180 Å². The molecule has 3 rings (SSSR count). The van der Waals surface area contributed by atoms with Gasteiger partial charge >= 0.3 is 0 Å². The number of carbonyl (C=O) groups excluding carboxylic acids is 1. The predicted molar refractivity (Wildman–Crippen MR) is 119 cm³/mol. The highest BCUT2D eigenvalue weighted by atomic mass is 32.2. The molecule has 0 radical (unpaired) electrons. The Hall–Kier alpha value is -2.78. The molecular formula is C21H23N3O4S2. The fraction of sp³-hybridized carbons (Fsp3) is 0.238. The second kappa shape index (κ2) is 9.36. The number of hydrogen-bond donors (Lipinski definition) is 1. The highest BCUT2D eigenvalue weighted by molar-refractivity contribution is 7.99. The first kappa shape index (κ1) is 21.9. The zero-order valence-corrected chi connectivity index (χ0v) is 18.6.